The number of amides is 3. The van der Waals surface area contributed by atoms with Crippen LogP contribution < -0.4 is 5.32 Å². The first kappa shape index (κ1) is 18.3. The van der Waals surface area contributed by atoms with E-state index in [1.165, 1.54) is 12.1 Å². The van der Waals surface area contributed by atoms with Crippen LogP contribution in [0.4, 0.5) is 0 Å². The molecule has 138 valence electrons. The SMILES string of the molecule is Cc1ccc(CCC(=O)NCC(=O)ON2C(=O)c3ccccc3C2=O)cc1. The van der Waals surface area contributed by atoms with E-state index in [0.717, 1.165) is 11.1 Å². The van der Waals surface area contributed by atoms with Gasteiger partial charge >= 0.3 is 5.97 Å². The second kappa shape index (κ2) is 7.82. The van der Waals surface area contributed by atoms with E-state index in [4.69, 9.17) is 4.84 Å². The third-order valence-corrected chi connectivity index (χ3v) is 4.14. The van der Waals surface area contributed by atoms with Crippen molar-refractivity contribution in [3.8, 4) is 0 Å². The van der Waals surface area contributed by atoms with Crippen molar-refractivity contribution in [2.24, 2.45) is 0 Å². The highest BCUT2D eigenvalue weighted by Crippen LogP contribution is 2.22. The van der Waals surface area contributed by atoms with Crippen molar-refractivity contribution in [3.63, 3.8) is 0 Å². The Morgan fingerprint density at radius 2 is 1.56 bits per heavy atom. The number of benzene rings is 2. The van der Waals surface area contributed by atoms with Crippen molar-refractivity contribution < 1.29 is 24.0 Å². The molecule has 0 saturated carbocycles. The second-order valence-corrected chi connectivity index (χ2v) is 6.18. The van der Waals surface area contributed by atoms with Gasteiger partial charge in [0.05, 0.1) is 11.1 Å². The summed E-state index contributed by atoms with van der Waals surface area (Å²) in [7, 11) is 0. The highest BCUT2D eigenvalue weighted by atomic mass is 16.7. The van der Waals surface area contributed by atoms with E-state index in [9.17, 15) is 19.2 Å². The lowest BCUT2D eigenvalue weighted by Gasteiger charge is -2.13. The zero-order valence-electron chi connectivity index (χ0n) is 14.7. The maximum Gasteiger partial charge on any atom is 0.352 e. The van der Waals surface area contributed by atoms with Crippen LogP contribution in [0.5, 0.6) is 0 Å². The van der Waals surface area contributed by atoms with E-state index < -0.39 is 24.3 Å². The van der Waals surface area contributed by atoms with Crippen LogP contribution in [-0.4, -0.2) is 35.3 Å². The van der Waals surface area contributed by atoms with Gasteiger partial charge in [0.15, 0.2) is 0 Å². The number of carbonyl (C=O) groups excluding carboxylic acids is 4. The Morgan fingerprint density at radius 1 is 0.963 bits per heavy atom. The standard InChI is InChI=1S/C20H18N2O5/c1-13-6-8-14(9-7-13)10-11-17(23)21-12-18(24)27-22-19(25)15-4-2-3-5-16(15)20(22)26/h2-9H,10-12H2,1H3,(H,21,23). The predicted octanol–water partition coefficient (Wildman–Crippen LogP) is 1.80. The first-order valence-corrected chi connectivity index (χ1v) is 8.46. The van der Waals surface area contributed by atoms with Crippen molar-refractivity contribution >= 4 is 23.7 Å². The summed E-state index contributed by atoms with van der Waals surface area (Å²) in [6.45, 7) is 1.55. The van der Waals surface area contributed by atoms with Crippen LogP contribution in [0, 0.1) is 6.92 Å². The lowest BCUT2D eigenvalue weighted by Crippen LogP contribution is -2.38. The minimum Gasteiger partial charge on any atom is -0.345 e. The number of nitrogens with one attached hydrogen (secondary N) is 1. The molecule has 0 aliphatic carbocycles. The number of aryl methyl sites for hydroxylation is 2. The lowest BCUT2D eigenvalue weighted by molar-refractivity contribution is -0.167. The maximum atomic E-state index is 12.1. The molecule has 0 unspecified atom stereocenters. The smallest absolute Gasteiger partial charge is 0.345 e. The van der Waals surface area contributed by atoms with E-state index in [1.54, 1.807) is 12.1 Å². The fraction of sp³-hybridized carbons (Fsp3) is 0.200. The Bertz CT molecular complexity index is 870. The molecule has 1 N–H and O–H groups in total. The van der Waals surface area contributed by atoms with Crippen LogP contribution in [0.1, 0.15) is 38.3 Å². The molecule has 1 aliphatic heterocycles. The molecule has 2 aromatic rings. The summed E-state index contributed by atoms with van der Waals surface area (Å²) in [5.74, 6) is -2.62. The van der Waals surface area contributed by atoms with Gasteiger partial charge in [-0.1, -0.05) is 47.0 Å². The third kappa shape index (κ3) is 4.20. The van der Waals surface area contributed by atoms with Gasteiger partial charge in [-0.3, -0.25) is 14.4 Å². The molecule has 3 amide bonds. The van der Waals surface area contributed by atoms with E-state index in [0.29, 0.717) is 11.5 Å². The molecule has 0 bridgehead atoms. The van der Waals surface area contributed by atoms with Crippen LogP contribution in [0.3, 0.4) is 0 Å². The molecule has 1 aliphatic rings. The Balaban J connectivity index is 1.46. The summed E-state index contributed by atoms with van der Waals surface area (Å²) >= 11 is 0. The van der Waals surface area contributed by atoms with Gasteiger partial charge in [0.1, 0.15) is 6.54 Å². The van der Waals surface area contributed by atoms with Gasteiger partial charge in [-0.15, -0.1) is 0 Å². The molecule has 0 saturated heterocycles. The molecular weight excluding hydrogens is 348 g/mol. The first-order valence-electron chi connectivity index (χ1n) is 8.46. The monoisotopic (exact) mass is 366 g/mol. The summed E-state index contributed by atoms with van der Waals surface area (Å²) in [4.78, 5) is 52.8. The van der Waals surface area contributed by atoms with Crippen LogP contribution >= 0.6 is 0 Å². The van der Waals surface area contributed by atoms with Gasteiger partial charge in [-0.05, 0) is 31.0 Å². The number of rotatable bonds is 6. The number of hydrogen-bond donors (Lipinski definition) is 1. The highest BCUT2D eigenvalue weighted by Gasteiger charge is 2.38. The lowest BCUT2D eigenvalue weighted by atomic mass is 10.1. The molecule has 7 nitrogen and oxygen atoms in total. The van der Waals surface area contributed by atoms with Crippen molar-refractivity contribution in [2.75, 3.05) is 6.54 Å². The number of fused-ring (bicyclic) bond motifs is 1. The highest BCUT2D eigenvalue weighted by molar-refractivity contribution is 6.20. The maximum absolute atomic E-state index is 12.1. The Morgan fingerprint density at radius 3 is 2.15 bits per heavy atom. The van der Waals surface area contributed by atoms with Crippen molar-refractivity contribution in [1.29, 1.82) is 0 Å². The molecule has 0 aromatic heterocycles. The van der Waals surface area contributed by atoms with Gasteiger partial charge in [-0.2, -0.15) is 0 Å². The van der Waals surface area contributed by atoms with E-state index >= 15 is 0 Å². The number of imide groups is 1. The molecule has 7 heteroatoms. The average Bonchev–Trinajstić information content (AvgIpc) is 2.91. The topological polar surface area (TPSA) is 92.8 Å². The largest absolute Gasteiger partial charge is 0.352 e. The van der Waals surface area contributed by atoms with E-state index in [1.807, 2.05) is 31.2 Å². The number of nitrogens with zero attached hydrogens (tertiary/aromatic N) is 1. The van der Waals surface area contributed by atoms with Gasteiger partial charge < -0.3 is 10.2 Å². The fourth-order valence-electron chi connectivity index (χ4n) is 2.66. The summed E-state index contributed by atoms with van der Waals surface area (Å²) in [6.07, 6.45) is 0.753. The summed E-state index contributed by atoms with van der Waals surface area (Å²) in [6, 6.07) is 14.0. The Kier molecular flexibility index (Phi) is 5.30. The van der Waals surface area contributed by atoms with Gasteiger partial charge in [0.2, 0.25) is 5.91 Å². The van der Waals surface area contributed by atoms with E-state index in [-0.39, 0.29) is 23.5 Å². The number of carbonyl (C=O) groups is 4. The zero-order chi connectivity index (χ0) is 19.4. The van der Waals surface area contributed by atoms with Gasteiger partial charge in [-0.25, -0.2) is 4.79 Å². The van der Waals surface area contributed by atoms with E-state index in [2.05, 4.69) is 5.32 Å². The van der Waals surface area contributed by atoms with Crippen molar-refractivity contribution in [2.45, 2.75) is 19.8 Å². The summed E-state index contributed by atoms with van der Waals surface area (Å²) in [5, 5.41) is 2.85. The molecule has 0 spiro atoms. The first-order chi connectivity index (χ1) is 13.0. The average molecular weight is 366 g/mol. The molecule has 0 fully saturated rings. The van der Waals surface area contributed by atoms with Crippen LogP contribution in [0.25, 0.3) is 0 Å². The van der Waals surface area contributed by atoms with Crippen LogP contribution in [0.2, 0.25) is 0 Å². The summed E-state index contributed by atoms with van der Waals surface area (Å²) in [5.41, 5.74) is 2.51. The molecule has 1 heterocycles. The number of hydroxylamine groups is 2. The predicted molar refractivity (Wildman–Crippen MR) is 95.5 cm³/mol. The fourth-order valence-corrected chi connectivity index (χ4v) is 2.66. The Hall–Kier alpha value is -3.48. The molecule has 3 rings (SSSR count). The quantitative estimate of drug-likeness (QED) is 0.787. The molecule has 0 atom stereocenters. The molecule has 2 aromatic carbocycles. The van der Waals surface area contributed by atoms with Crippen molar-refractivity contribution in [3.05, 3.63) is 70.8 Å². The van der Waals surface area contributed by atoms with Crippen LogP contribution in [0.15, 0.2) is 48.5 Å². The molecule has 0 radical (unpaired) electrons. The van der Waals surface area contributed by atoms with Gasteiger partial charge in [0.25, 0.3) is 11.8 Å². The normalized spacial score (nSPS) is 12.7. The second-order valence-electron chi connectivity index (χ2n) is 6.18. The van der Waals surface area contributed by atoms with Crippen LogP contribution in [-0.2, 0) is 20.8 Å². The zero-order valence-corrected chi connectivity index (χ0v) is 14.7. The molecule has 27 heavy (non-hydrogen) atoms. The number of hydrogen-bond acceptors (Lipinski definition) is 5. The minimum absolute atomic E-state index is 0.178. The Labute approximate surface area is 155 Å². The van der Waals surface area contributed by atoms with Crippen molar-refractivity contribution in [1.82, 2.24) is 10.4 Å². The minimum atomic E-state index is -0.895. The third-order valence-electron chi connectivity index (χ3n) is 4.14. The van der Waals surface area contributed by atoms with Gasteiger partial charge in [0, 0.05) is 6.42 Å². The summed E-state index contributed by atoms with van der Waals surface area (Å²) < 4.78 is 0. The molecular formula is C20H18N2O5.